The van der Waals surface area contributed by atoms with E-state index in [2.05, 4.69) is 0 Å². The molecule has 0 amide bonds. The van der Waals surface area contributed by atoms with Crippen molar-refractivity contribution in [1.29, 1.82) is 0 Å². The van der Waals surface area contributed by atoms with Gasteiger partial charge in [0.1, 0.15) is 11.3 Å². The molecule has 0 spiro atoms. The van der Waals surface area contributed by atoms with Crippen LogP contribution in [-0.4, -0.2) is 16.8 Å². The summed E-state index contributed by atoms with van der Waals surface area (Å²) in [6.07, 6.45) is 0. The van der Waals surface area contributed by atoms with E-state index in [1.807, 2.05) is 32.9 Å². The number of rotatable bonds is 2. The second kappa shape index (κ2) is 5.95. The molecule has 0 saturated heterocycles. The summed E-state index contributed by atoms with van der Waals surface area (Å²) in [5, 5.41) is 0. The number of sulfone groups is 1. The van der Waals surface area contributed by atoms with Gasteiger partial charge in [0.2, 0.25) is 9.84 Å². The molecule has 0 atom stereocenters. The van der Waals surface area contributed by atoms with Crippen molar-refractivity contribution in [2.24, 2.45) is 0 Å². The lowest BCUT2D eigenvalue weighted by atomic mass is 10.0. The zero-order valence-corrected chi connectivity index (χ0v) is 13.7. The van der Waals surface area contributed by atoms with E-state index < -0.39 is 9.84 Å². The number of hydrogen-bond donors (Lipinski definition) is 0. The predicted molar refractivity (Wildman–Crippen MR) is 86.5 cm³/mol. The quantitative estimate of drug-likeness (QED) is 0.800. The molecule has 0 aromatic heterocycles. The third kappa shape index (κ3) is 2.99. The van der Waals surface area contributed by atoms with Crippen LogP contribution in [0.2, 0.25) is 0 Å². The minimum absolute atomic E-state index is 0.0377. The predicted octanol–water partition coefficient (Wildman–Crippen LogP) is 2.78. The van der Waals surface area contributed by atoms with Crippen LogP contribution in [0.5, 0.6) is 0 Å². The molecule has 0 fully saturated rings. The Balaban J connectivity index is 2.71. The summed E-state index contributed by atoms with van der Waals surface area (Å²) in [5.41, 5.74) is 3.15. The molecular formula is C16H16O3S2. The molecule has 2 aromatic rings. The third-order valence-electron chi connectivity index (χ3n) is 3.25. The lowest BCUT2D eigenvalue weighted by Gasteiger charge is -2.12. The highest BCUT2D eigenvalue weighted by Gasteiger charge is 2.26. The monoisotopic (exact) mass is 320 g/mol. The van der Waals surface area contributed by atoms with Crippen molar-refractivity contribution >= 4 is 25.3 Å². The molecule has 3 nitrogen and oxygen atoms in total. The van der Waals surface area contributed by atoms with Crippen molar-refractivity contribution in [2.45, 2.75) is 25.7 Å². The third-order valence-corrected chi connectivity index (χ3v) is 6.06. The van der Waals surface area contributed by atoms with Gasteiger partial charge in [-0.25, -0.2) is 12.6 Å². The minimum atomic E-state index is -3.79. The zero-order valence-electron chi connectivity index (χ0n) is 12.1. The number of aryl methyl sites for hydroxylation is 3. The first-order valence-electron chi connectivity index (χ1n) is 6.43. The Hall–Kier alpha value is -1.72. The van der Waals surface area contributed by atoms with Crippen LogP contribution < -0.4 is 0 Å². The van der Waals surface area contributed by atoms with E-state index in [-0.39, 0.29) is 20.3 Å². The minimum Gasteiger partial charge on any atom is -0.218 e. The molecule has 2 aromatic carbocycles. The molecule has 0 N–H and O–H groups in total. The Kier molecular flexibility index (Phi) is 4.44. The summed E-state index contributed by atoms with van der Waals surface area (Å²) < 4.78 is 36.8. The fraction of sp³-hybridized carbons (Fsp3) is 0.188. The summed E-state index contributed by atoms with van der Waals surface area (Å²) in [5.74, 6) is 0. The van der Waals surface area contributed by atoms with Gasteiger partial charge in [-0.3, -0.25) is 0 Å². The van der Waals surface area contributed by atoms with E-state index in [0.717, 1.165) is 16.7 Å². The average molecular weight is 320 g/mol. The highest BCUT2D eigenvalue weighted by atomic mass is 32.2. The van der Waals surface area contributed by atoms with Crippen LogP contribution in [0, 0.1) is 20.8 Å². The van der Waals surface area contributed by atoms with Crippen molar-refractivity contribution in [3.63, 3.8) is 0 Å². The van der Waals surface area contributed by atoms with Gasteiger partial charge in [-0.1, -0.05) is 35.9 Å². The standard InChI is InChI=1S/C16H16O3S2/c1-11-9-12(2)15(13(3)10-11)16(20-17)21(18,19)14-7-5-4-6-8-14/h4-10H,1-3H3. The maximum atomic E-state index is 12.7. The van der Waals surface area contributed by atoms with Gasteiger partial charge in [-0.2, -0.15) is 0 Å². The summed E-state index contributed by atoms with van der Waals surface area (Å²) in [4.78, 5) is 0.141. The largest absolute Gasteiger partial charge is 0.219 e. The topological polar surface area (TPSA) is 51.2 Å². The summed E-state index contributed by atoms with van der Waals surface area (Å²) in [6, 6.07) is 11.8. The Labute approximate surface area is 128 Å². The first kappa shape index (κ1) is 15.7. The van der Waals surface area contributed by atoms with Crippen LogP contribution >= 0.6 is 0 Å². The Morgan fingerprint density at radius 3 is 1.95 bits per heavy atom. The maximum absolute atomic E-state index is 12.7. The van der Waals surface area contributed by atoms with Crippen LogP contribution in [0.25, 0.3) is 0 Å². The summed E-state index contributed by atoms with van der Waals surface area (Å²) >= 11 is 0.0377. The lowest BCUT2D eigenvalue weighted by Crippen LogP contribution is -2.19. The smallest absolute Gasteiger partial charge is 0.218 e. The van der Waals surface area contributed by atoms with Crippen molar-refractivity contribution in [3.8, 4) is 0 Å². The van der Waals surface area contributed by atoms with Gasteiger partial charge in [0, 0.05) is 5.56 Å². The van der Waals surface area contributed by atoms with Crippen molar-refractivity contribution < 1.29 is 12.6 Å². The number of benzene rings is 2. The zero-order chi connectivity index (χ0) is 15.6. The summed E-state index contributed by atoms with van der Waals surface area (Å²) in [7, 11) is -3.79. The molecule has 0 unspecified atom stereocenters. The van der Waals surface area contributed by atoms with Crippen LogP contribution in [0.15, 0.2) is 47.4 Å². The Morgan fingerprint density at radius 1 is 0.952 bits per heavy atom. The maximum Gasteiger partial charge on any atom is 0.219 e. The van der Waals surface area contributed by atoms with E-state index in [9.17, 15) is 12.6 Å². The Morgan fingerprint density at radius 2 is 1.48 bits per heavy atom. The molecule has 0 aliphatic carbocycles. The first-order chi connectivity index (χ1) is 9.87. The van der Waals surface area contributed by atoms with Crippen molar-refractivity contribution in [3.05, 3.63) is 64.7 Å². The highest BCUT2D eigenvalue weighted by Crippen LogP contribution is 2.23. The summed E-state index contributed by atoms with van der Waals surface area (Å²) in [6.45, 7) is 5.59. The molecule has 0 bridgehead atoms. The van der Waals surface area contributed by atoms with E-state index in [0.29, 0.717) is 5.56 Å². The van der Waals surface area contributed by atoms with E-state index >= 15 is 0 Å². The van der Waals surface area contributed by atoms with Gasteiger partial charge in [0.25, 0.3) is 0 Å². The molecular weight excluding hydrogens is 304 g/mol. The average Bonchev–Trinajstić information content (AvgIpc) is 2.43. The molecule has 0 radical (unpaired) electrons. The molecule has 0 aliphatic heterocycles. The second-order valence-corrected chi connectivity index (χ2v) is 7.68. The van der Waals surface area contributed by atoms with Gasteiger partial charge in [0.05, 0.1) is 4.90 Å². The normalized spacial score (nSPS) is 11.2. The molecule has 0 heterocycles. The van der Waals surface area contributed by atoms with Crippen LogP contribution in [0.1, 0.15) is 22.3 Å². The van der Waals surface area contributed by atoms with Gasteiger partial charge in [-0.15, -0.1) is 0 Å². The Bertz CT molecular complexity index is 808. The highest BCUT2D eigenvalue weighted by molar-refractivity contribution is 8.15. The van der Waals surface area contributed by atoms with E-state index in [4.69, 9.17) is 0 Å². The van der Waals surface area contributed by atoms with Crippen molar-refractivity contribution in [2.75, 3.05) is 0 Å². The fourth-order valence-electron chi connectivity index (χ4n) is 2.43. The van der Waals surface area contributed by atoms with E-state index in [1.165, 1.54) is 12.1 Å². The molecule has 21 heavy (non-hydrogen) atoms. The second-order valence-electron chi connectivity index (χ2n) is 4.96. The molecule has 110 valence electrons. The van der Waals surface area contributed by atoms with Crippen LogP contribution in [0.3, 0.4) is 0 Å². The van der Waals surface area contributed by atoms with Crippen LogP contribution in [0.4, 0.5) is 0 Å². The van der Waals surface area contributed by atoms with Gasteiger partial charge >= 0.3 is 0 Å². The molecule has 2 rings (SSSR count). The molecule has 0 saturated carbocycles. The first-order valence-corrected chi connectivity index (χ1v) is 8.65. The SMILES string of the molecule is Cc1cc(C)c(C(=S=O)S(=O)(=O)c2ccccc2)c(C)c1. The van der Waals surface area contributed by atoms with Crippen molar-refractivity contribution in [1.82, 2.24) is 0 Å². The number of hydrogen-bond acceptors (Lipinski definition) is 3. The van der Waals surface area contributed by atoms with E-state index in [1.54, 1.807) is 18.2 Å². The van der Waals surface area contributed by atoms with Gasteiger partial charge < -0.3 is 0 Å². The van der Waals surface area contributed by atoms with Gasteiger partial charge in [-0.05, 0) is 44.0 Å². The molecule has 5 heteroatoms. The van der Waals surface area contributed by atoms with Gasteiger partial charge in [0.15, 0.2) is 4.20 Å². The van der Waals surface area contributed by atoms with Crippen LogP contribution in [-0.2, 0) is 21.1 Å². The lowest BCUT2D eigenvalue weighted by molar-refractivity contribution is 0.607. The molecule has 0 aliphatic rings. The fourth-order valence-corrected chi connectivity index (χ4v) is 4.80.